The summed E-state index contributed by atoms with van der Waals surface area (Å²) in [6.07, 6.45) is 1.09. The van der Waals surface area contributed by atoms with Gasteiger partial charge >= 0.3 is 5.97 Å². The predicted octanol–water partition coefficient (Wildman–Crippen LogP) is 5.70. The molecule has 0 atom stereocenters. The molecule has 1 heterocycles. The third-order valence-corrected chi connectivity index (χ3v) is 5.59. The number of carbonyl (C=O) groups is 3. The number of imide groups is 1. The van der Waals surface area contributed by atoms with Crippen molar-refractivity contribution in [1.82, 2.24) is 4.90 Å². The van der Waals surface area contributed by atoms with Gasteiger partial charge in [0.1, 0.15) is 19.0 Å². The number of hydrogen-bond acceptors (Lipinski definition) is 6. The van der Waals surface area contributed by atoms with Crippen molar-refractivity contribution in [2.45, 2.75) is 26.6 Å². The summed E-state index contributed by atoms with van der Waals surface area (Å²) in [5.41, 5.74) is 1.07. The van der Waals surface area contributed by atoms with Crippen LogP contribution in [0.1, 0.15) is 25.0 Å². The van der Waals surface area contributed by atoms with Gasteiger partial charge in [-0.2, -0.15) is 0 Å². The van der Waals surface area contributed by atoms with Gasteiger partial charge in [-0.3, -0.25) is 19.3 Å². The Morgan fingerprint density at radius 2 is 1.88 bits per heavy atom. The molecule has 10 heteroatoms. The number of halogens is 3. The minimum absolute atomic E-state index is 0.0575. The van der Waals surface area contributed by atoms with Gasteiger partial charge in [-0.25, -0.2) is 4.39 Å². The number of nitrogens with zero attached hydrogens (tertiary/aromatic N) is 1. The molecule has 1 aliphatic heterocycles. The highest BCUT2D eigenvalue weighted by molar-refractivity contribution is 8.18. The standard InChI is InChI=1S/C22H18Cl2FNO5S/c1-12(2)31-19(27)10-26-21(28)18(32-22(26)29)9-14-7-16(23)20(17(24)8-14)30-11-13-4-3-5-15(25)6-13/h3-9,12H,10-11H2,1-2H3/b18-9+. The third kappa shape index (κ3) is 6.03. The topological polar surface area (TPSA) is 72.9 Å². The van der Waals surface area contributed by atoms with Crippen LogP contribution in [0.15, 0.2) is 41.3 Å². The molecule has 0 bridgehead atoms. The summed E-state index contributed by atoms with van der Waals surface area (Å²) < 4.78 is 23.9. The van der Waals surface area contributed by atoms with Crippen LogP contribution >= 0.6 is 35.0 Å². The molecule has 32 heavy (non-hydrogen) atoms. The molecule has 2 amide bonds. The van der Waals surface area contributed by atoms with E-state index in [0.717, 1.165) is 4.90 Å². The molecule has 168 valence electrons. The molecular weight excluding hydrogens is 480 g/mol. The Labute approximate surface area is 198 Å². The summed E-state index contributed by atoms with van der Waals surface area (Å²) in [5, 5.41) is -0.214. The monoisotopic (exact) mass is 497 g/mol. The maximum atomic E-state index is 13.3. The third-order valence-electron chi connectivity index (χ3n) is 4.12. The molecule has 3 rings (SSSR count). The van der Waals surface area contributed by atoms with Gasteiger partial charge in [0.25, 0.3) is 11.1 Å². The van der Waals surface area contributed by atoms with Gasteiger partial charge in [-0.15, -0.1) is 0 Å². The van der Waals surface area contributed by atoms with E-state index in [0.29, 0.717) is 22.9 Å². The zero-order chi connectivity index (χ0) is 23.4. The molecule has 1 aliphatic rings. The molecule has 0 N–H and O–H groups in total. The highest BCUT2D eigenvalue weighted by Crippen LogP contribution is 2.37. The average Bonchev–Trinajstić information content (AvgIpc) is 2.94. The lowest BCUT2D eigenvalue weighted by molar-refractivity contribution is -0.149. The number of hydrogen-bond donors (Lipinski definition) is 0. The number of thioether (sulfide) groups is 1. The summed E-state index contributed by atoms with van der Waals surface area (Å²) in [6.45, 7) is 2.94. The Morgan fingerprint density at radius 1 is 1.19 bits per heavy atom. The largest absolute Gasteiger partial charge is 0.486 e. The van der Waals surface area contributed by atoms with Crippen LogP contribution in [-0.2, 0) is 20.9 Å². The van der Waals surface area contributed by atoms with Crippen molar-refractivity contribution in [3.8, 4) is 5.75 Å². The van der Waals surface area contributed by atoms with Crippen LogP contribution in [0.25, 0.3) is 6.08 Å². The van der Waals surface area contributed by atoms with Crippen LogP contribution in [0.4, 0.5) is 9.18 Å². The molecule has 6 nitrogen and oxygen atoms in total. The summed E-state index contributed by atoms with van der Waals surface area (Å²) in [6, 6.07) is 8.98. The Morgan fingerprint density at radius 3 is 2.50 bits per heavy atom. The fraction of sp³-hybridized carbons (Fsp3) is 0.227. The Kier molecular flexibility index (Phi) is 7.82. The van der Waals surface area contributed by atoms with E-state index in [1.165, 1.54) is 30.3 Å². The molecule has 0 spiro atoms. The molecular formula is C22H18Cl2FNO5S. The van der Waals surface area contributed by atoms with Crippen LogP contribution in [0.3, 0.4) is 0 Å². The van der Waals surface area contributed by atoms with E-state index in [9.17, 15) is 18.8 Å². The van der Waals surface area contributed by atoms with Gasteiger partial charge in [-0.05, 0) is 67.1 Å². The average molecular weight is 498 g/mol. The fourth-order valence-electron chi connectivity index (χ4n) is 2.80. The minimum Gasteiger partial charge on any atom is -0.486 e. The van der Waals surface area contributed by atoms with E-state index in [4.69, 9.17) is 32.7 Å². The molecule has 2 aromatic carbocycles. The molecule has 0 unspecified atom stereocenters. The second-order valence-corrected chi connectivity index (χ2v) is 8.85. The highest BCUT2D eigenvalue weighted by atomic mass is 35.5. The Hall–Kier alpha value is -2.55. The quantitative estimate of drug-likeness (QED) is 0.360. The highest BCUT2D eigenvalue weighted by Gasteiger charge is 2.36. The van der Waals surface area contributed by atoms with Gasteiger partial charge in [0.05, 0.1) is 21.1 Å². The molecule has 1 saturated heterocycles. The number of rotatable bonds is 7. The van der Waals surface area contributed by atoms with E-state index in [1.807, 2.05) is 0 Å². The number of amides is 2. The first-order chi connectivity index (χ1) is 15.1. The molecule has 0 radical (unpaired) electrons. The number of carbonyl (C=O) groups excluding carboxylic acids is 3. The van der Waals surface area contributed by atoms with Gasteiger partial charge in [0.15, 0.2) is 5.75 Å². The number of ether oxygens (including phenoxy) is 2. The maximum absolute atomic E-state index is 13.3. The van der Waals surface area contributed by atoms with Crippen molar-refractivity contribution in [1.29, 1.82) is 0 Å². The first-order valence-corrected chi connectivity index (χ1v) is 11.0. The van der Waals surface area contributed by atoms with Crippen LogP contribution in [0, 0.1) is 5.82 Å². The van der Waals surface area contributed by atoms with Gasteiger partial charge < -0.3 is 9.47 Å². The van der Waals surface area contributed by atoms with Crippen molar-refractivity contribution in [3.05, 3.63) is 68.3 Å². The fourth-order valence-corrected chi connectivity index (χ4v) is 4.25. The smallest absolute Gasteiger partial charge is 0.326 e. The van der Waals surface area contributed by atoms with Crippen molar-refractivity contribution < 1.29 is 28.2 Å². The maximum Gasteiger partial charge on any atom is 0.326 e. The van der Waals surface area contributed by atoms with Gasteiger partial charge in [-0.1, -0.05) is 35.3 Å². The second kappa shape index (κ2) is 10.4. The normalized spacial score (nSPS) is 15.1. The summed E-state index contributed by atoms with van der Waals surface area (Å²) in [7, 11) is 0. The second-order valence-electron chi connectivity index (χ2n) is 7.04. The van der Waals surface area contributed by atoms with Gasteiger partial charge in [0.2, 0.25) is 0 Å². The van der Waals surface area contributed by atoms with E-state index in [-0.39, 0.29) is 39.2 Å². The lowest BCUT2D eigenvalue weighted by Crippen LogP contribution is -2.35. The lowest BCUT2D eigenvalue weighted by Gasteiger charge is -2.13. The predicted molar refractivity (Wildman–Crippen MR) is 121 cm³/mol. The summed E-state index contributed by atoms with van der Waals surface area (Å²) >= 11 is 13.3. The van der Waals surface area contributed by atoms with Crippen molar-refractivity contribution in [3.63, 3.8) is 0 Å². The van der Waals surface area contributed by atoms with E-state index >= 15 is 0 Å². The molecule has 0 aliphatic carbocycles. The zero-order valence-corrected chi connectivity index (χ0v) is 19.4. The molecule has 0 aromatic heterocycles. The van der Waals surface area contributed by atoms with Crippen LogP contribution in [-0.4, -0.2) is 34.7 Å². The SMILES string of the molecule is CC(C)OC(=O)CN1C(=O)S/C(=C/c2cc(Cl)c(OCc3cccc(F)c3)c(Cl)c2)C1=O. The van der Waals surface area contributed by atoms with Crippen molar-refractivity contribution in [2.75, 3.05) is 6.54 Å². The van der Waals surface area contributed by atoms with Crippen LogP contribution < -0.4 is 4.74 Å². The lowest BCUT2D eigenvalue weighted by atomic mass is 10.2. The summed E-state index contributed by atoms with van der Waals surface area (Å²) in [4.78, 5) is 37.5. The van der Waals surface area contributed by atoms with E-state index < -0.39 is 23.7 Å². The first-order valence-electron chi connectivity index (χ1n) is 9.45. The van der Waals surface area contributed by atoms with Crippen LogP contribution in [0.2, 0.25) is 10.0 Å². The Balaban J connectivity index is 1.73. The number of esters is 1. The van der Waals surface area contributed by atoms with Gasteiger partial charge in [0, 0.05) is 0 Å². The van der Waals surface area contributed by atoms with E-state index in [1.54, 1.807) is 26.0 Å². The van der Waals surface area contributed by atoms with Crippen LogP contribution in [0.5, 0.6) is 5.75 Å². The molecule has 0 saturated carbocycles. The first kappa shape index (κ1) is 24.1. The van der Waals surface area contributed by atoms with Crippen molar-refractivity contribution in [2.24, 2.45) is 0 Å². The van der Waals surface area contributed by atoms with E-state index in [2.05, 4.69) is 0 Å². The zero-order valence-electron chi connectivity index (χ0n) is 17.1. The minimum atomic E-state index is -0.672. The molecule has 1 fully saturated rings. The number of benzene rings is 2. The summed E-state index contributed by atoms with van der Waals surface area (Å²) in [5.74, 6) is -1.46. The Bertz CT molecular complexity index is 1080. The molecule has 2 aromatic rings. The van der Waals surface area contributed by atoms with Crippen molar-refractivity contribution >= 4 is 58.2 Å².